The van der Waals surface area contributed by atoms with E-state index in [0.717, 1.165) is 5.56 Å². The van der Waals surface area contributed by atoms with Crippen molar-refractivity contribution in [3.8, 4) is 11.5 Å². The summed E-state index contributed by atoms with van der Waals surface area (Å²) in [6.45, 7) is 0. The fourth-order valence-electron chi connectivity index (χ4n) is 1.92. The van der Waals surface area contributed by atoms with Crippen LogP contribution in [-0.4, -0.2) is 20.0 Å². The number of carbonyl (C=O) groups is 1. The maximum atomic E-state index is 12.8. The van der Waals surface area contributed by atoms with Crippen LogP contribution in [0.25, 0.3) is 6.08 Å². The molecule has 0 unspecified atom stereocenters. The summed E-state index contributed by atoms with van der Waals surface area (Å²) in [6.07, 6.45) is 3.03. The Labute approximate surface area is 122 Å². The van der Waals surface area contributed by atoms with Crippen molar-refractivity contribution in [2.24, 2.45) is 0 Å². The summed E-state index contributed by atoms with van der Waals surface area (Å²) in [4.78, 5) is 12.3. The second-order valence-corrected chi connectivity index (χ2v) is 4.29. The largest absolute Gasteiger partial charge is 0.496 e. The maximum Gasteiger partial charge on any atom is 0.193 e. The summed E-state index contributed by atoms with van der Waals surface area (Å²) in [5.74, 6) is 0.338. The molecular weight excluding hydrogens is 271 g/mol. The van der Waals surface area contributed by atoms with Crippen molar-refractivity contribution in [3.63, 3.8) is 0 Å². The van der Waals surface area contributed by atoms with Gasteiger partial charge in [0.25, 0.3) is 0 Å². The standard InChI is InChI=1S/C17H15FO3/c1-20-15-4-3-5-16(21-2)17(15)14(19)11-8-12-6-9-13(18)10-7-12/h3-11H,1-2H3. The predicted octanol–water partition coefficient (Wildman–Crippen LogP) is 3.74. The van der Waals surface area contributed by atoms with Crippen molar-refractivity contribution < 1.29 is 18.7 Å². The summed E-state index contributed by atoms with van der Waals surface area (Å²) in [5.41, 5.74) is 1.10. The van der Waals surface area contributed by atoms with Gasteiger partial charge in [-0.15, -0.1) is 0 Å². The second kappa shape index (κ2) is 6.70. The monoisotopic (exact) mass is 286 g/mol. The van der Waals surface area contributed by atoms with Gasteiger partial charge in [0.1, 0.15) is 22.9 Å². The fourth-order valence-corrected chi connectivity index (χ4v) is 1.92. The second-order valence-electron chi connectivity index (χ2n) is 4.29. The normalized spacial score (nSPS) is 10.6. The first-order valence-electron chi connectivity index (χ1n) is 6.34. The van der Waals surface area contributed by atoms with Gasteiger partial charge in [-0.25, -0.2) is 4.39 Å². The molecule has 0 radical (unpaired) electrons. The molecule has 3 nitrogen and oxygen atoms in total. The molecule has 4 heteroatoms. The first-order chi connectivity index (χ1) is 10.2. The highest BCUT2D eigenvalue weighted by Crippen LogP contribution is 2.29. The highest BCUT2D eigenvalue weighted by atomic mass is 19.1. The summed E-state index contributed by atoms with van der Waals surface area (Å²) in [5, 5.41) is 0. The molecule has 0 aliphatic rings. The minimum atomic E-state index is -0.315. The van der Waals surface area contributed by atoms with Gasteiger partial charge in [-0.05, 0) is 35.9 Å². The van der Waals surface area contributed by atoms with Crippen LogP contribution >= 0.6 is 0 Å². The molecule has 2 aromatic rings. The van der Waals surface area contributed by atoms with E-state index >= 15 is 0 Å². The summed E-state index contributed by atoms with van der Waals surface area (Å²) < 4.78 is 23.2. The molecule has 0 amide bonds. The van der Waals surface area contributed by atoms with E-state index in [2.05, 4.69) is 0 Å². The molecule has 0 spiro atoms. The van der Waals surface area contributed by atoms with Gasteiger partial charge in [0.15, 0.2) is 5.78 Å². The number of ether oxygens (including phenoxy) is 2. The Balaban J connectivity index is 2.30. The van der Waals surface area contributed by atoms with Crippen LogP contribution < -0.4 is 9.47 Å². The number of benzene rings is 2. The van der Waals surface area contributed by atoms with Crippen molar-refractivity contribution in [2.45, 2.75) is 0 Å². The van der Waals surface area contributed by atoms with Gasteiger partial charge in [-0.2, -0.15) is 0 Å². The lowest BCUT2D eigenvalue weighted by Gasteiger charge is -2.10. The lowest BCUT2D eigenvalue weighted by Crippen LogP contribution is -2.02. The van der Waals surface area contributed by atoms with E-state index < -0.39 is 0 Å². The first-order valence-corrected chi connectivity index (χ1v) is 6.34. The zero-order valence-corrected chi connectivity index (χ0v) is 11.8. The molecule has 0 atom stereocenters. The van der Waals surface area contributed by atoms with E-state index in [1.165, 1.54) is 32.4 Å². The predicted molar refractivity (Wildman–Crippen MR) is 79.3 cm³/mol. The van der Waals surface area contributed by atoms with Crippen LogP contribution in [0.2, 0.25) is 0 Å². The molecule has 0 bridgehead atoms. The van der Waals surface area contributed by atoms with Crippen LogP contribution in [0.1, 0.15) is 15.9 Å². The average Bonchev–Trinajstić information content (AvgIpc) is 2.53. The molecule has 2 aromatic carbocycles. The SMILES string of the molecule is COc1cccc(OC)c1C(=O)C=Cc1ccc(F)cc1. The van der Waals surface area contributed by atoms with Gasteiger partial charge in [-0.3, -0.25) is 4.79 Å². The van der Waals surface area contributed by atoms with Crippen molar-refractivity contribution in [3.05, 3.63) is 65.5 Å². The first kappa shape index (κ1) is 14.8. The molecule has 108 valence electrons. The summed E-state index contributed by atoms with van der Waals surface area (Å²) >= 11 is 0. The Morgan fingerprint density at radius 2 is 1.57 bits per heavy atom. The highest BCUT2D eigenvalue weighted by molar-refractivity contribution is 6.10. The lowest BCUT2D eigenvalue weighted by atomic mass is 10.1. The number of methoxy groups -OCH3 is 2. The molecule has 0 aromatic heterocycles. The van der Waals surface area contributed by atoms with Crippen molar-refractivity contribution in [1.29, 1.82) is 0 Å². The van der Waals surface area contributed by atoms with Crippen LogP contribution in [0.5, 0.6) is 11.5 Å². The van der Waals surface area contributed by atoms with E-state index in [0.29, 0.717) is 17.1 Å². The minimum Gasteiger partial charge on any atom is -0.496 e. The fraction of sp³-hybridized carbons (Fsp3) is 0.118. The molecule has 0 saturated heterocycles. The van der Waals surface area contributed by atoms with Gasteiger partial charge in [-0.1, -0.05) is 24.3 Å². The minimum absolute atomic E-state index is 0.242. The van der Waals surface area contributed by atoms with Crippen molar-refractivity contribution in [1.82, 2.24) is 0 Å². The van der Waals surface area contributed by atoms with Crippen LogP contribution in [0.4, 0.5) is 4.39 Å². The number of hydrogen-bond acceptors (Lipinski definition) is 3. The van der Waals surface area contributed by atoms with Gasteiger partial charge < -0.3 is 9.47 Å². The van der Waals surface area contributed by atoms with E-state index in [9.17, 15) is 9.18 Å². The van der Waals surface area contributed by atoms with Crippen molar-refractivity contribution in [2.75, 3.05) is 14.2 Å². The van der Waals surface area contributed by atoms with Gasteiger partial charge in [0, 0.05) is 0 Å². The number of ketones is 1. The third-order valence-electron chi connectivity index (χ3n) is 2.97. The van der Waals surface area contributed by atoms with Crippen LogP contribution in [0.3, 0.4) is 0 Å². The van der Waals surface area contributed by atoms with Crippen LogP contribution in [0, 0.1) is 5.82 Å². The molecule has 0 fully saturated rings. The molecule has 21 heavy (non-hydrogen) atoms. The zero-order chi connectivity index (χ0) is 15.2. The summed E-state index contributed by atoms with van der Waals surface area (Å²) in [6, 6.07) is 11.0. The molecular formula is C17H15FO3. The van der Waals surface area contributed by atoms with Crippen LogP contribution in [0.15, 0.2) is 48.5 Å². The third kappa shape index (κ3) is 3.48. The Hall–Kier alpha value is -2.62. The van der Waals surface area contributed by atoms with E-state index in [1.807, 2.05) is 0 Å². The average molecular weight is 286 g/mol. The Morgan fingerprint density at radius 3 is 2.10 bits per heavy atom. The van der Waals surface area contributed by atoms with Gasteiger partial charge in [0.05, 0.1) is 14.2 Å². The molecule has 0 heterocycles. The number of carbonyl (C=O) groups excluding carboxylic acids is 1. The molecule has 0 aliphatic heterocycles. The molecule has 0 N–H and O–H groups in total. The lowest BCUT2D eigenvalue weighted by molar-refractivity contribution is 0.104. The number of rotatable bonds is 5. The molecule has 0 saturated carbocycles. The van der Waals surface area contributed by atoms with E-state index in [4.69, 9.17) is 9.47 Å². The van der Waals surface area contributed by atoms with Crippen molar-refractivity contribution >= 4 is 11.9 Å². The zero-order valence-electron chi connectivity index (χ0n) is 11.8. The number of hydrogen-bond donors (Lipinski definition) is 0. The number of allylic oxidation sites excluding steroid dienone is 1. The smallest absolute Gasteiger partial charge is 0.193 e. The number of halogens is 1. The molecule has 2 rings (SSSR count). The maximum absolute atomic E-state index is 12.8. The van der Waals surface area contributed by atoms with E-state index in [-0.39, 0.29) is 11.6 Å². The third-order valence-corrected chi connectivity index (χ3v) is 2.97. The molecule has 0 aliphatic carbocycles. The Bertz CT molecular complexity index is 638. The van der Waals surface area contributed by atoms with Crippen LogP contribution in [-0.2, 0) is 0 Å². The van der Waals surface area contributed by atoms with E-state index in [1.54, 1.807) is 36.4 Å². The highest BCUT2D eigenvalue weighted by Gasteiger charge is 2.15. The topological polar surface area (TPSA) is 35.5 Å². The van der Waals surface area contributed by atoms with Gasteiger partial charge in [0.2, 0.25) is 0 Å². The van der Waals surface area contributed by atoms with Gasteiger partial charge >= 0.3 is 0 Å². The summed E-state index contributed by atoms with van der Waals surface area (Å²) in [7, 11) is 2.99. The quantitative estimate of drug-likeness (QED) is 0.620. The Kier molecular flexibility index (Phi) is 4.72. The Morgan fingerprint density at radius 1 is 1.00 bits per heavy atom.